The third kappa shape index (κ3) is 4.18. The first-order valence-corrected chi connectivity index (χ1v) is 14.4. The monoisotopic (exact) mass is 550 g/mol. The van der Waals surface area contributed by atoms with Crippen molar-refractivity contribution in [1.29, 1.82) is 0 Å². The second-order valence-electron chi connectivity index (χ2n) is 9.98. The molecular weight excluding hydrogens is 524 g/mol. The molecule has 2 amide bonds. The Kier molecular flexibility index (Phi) is 6.45. The third-order valence-corrected chi connectivity index (χ3v) is 10.0. The van der Waals surface area contributed by atoms with Gasteiger partial charge in [-0.1, -0.05) is 18.2 Å². The molecule has 3 aromatic rings. The molecule has 2 aliphatic heterocycles. The molecule has 1 saturated carbocycles. The molecule has 38 heavy (non-hydrogen) atoms. The summed E-state index contributed by atoms with van der Waals surface area (Å²) in [5, 5.41) is 23.1. The Hall–Kier alpha value is -3.28. The van der Waals surface area contributed by atoms with E-state index in [2.05, 4.69) is 10.3 Å². The number of aliphatic hydroxyl groups excluding tert-OH is 1. The Labute approximate surface area is 227 Å². The second kappa shape index (κ2) is 9.79. The van der Waals surface area contributed by atoms with Crippen molar-refractivity contribution in [2.24, 2.45) is 17.8 Å². The van der Waals surface area contributed by atoms with Gasteiger partial charge in [0.15, 0.2) is 4.34 Å². The van der Waals surface area contributed by atoms with Crippen LogP contribution in [0.1, 0.15) is 36.5 Å². The van der Waals surface area contributed by atoms with Gasteiger partial charge in [0.1, 0.15) is 5.70 Å². The predicted octanol–water partition coefficient (Wildman–Crippen LogP) is 4.01. The van der Waals surface area contributed by atoms with Gasteiger partial charge in [0.25, 0.3) is 5.91 Å². The number of nitrogens with zero attached hydrogens (tertiary/aromatic N) is 3. The van der Waals surface area contributed by atoms with E-state index in [1.807, 2.05) is 18.2 Å². The van der Waals surface area contributed by atoms with Crippen molar-refractivity contribution in [2.75, 3.05) is 11.1 Å². The number of amides is 2. The number of hydrogen-bond acceptors (Lipinski definition) is 8. The van der Waals surface area contributed by atoms with E-state index in [0.717, 1.165) is 39.4 Å². The molecule has 196 valence electrons. The number of benzene rings is 1. The van der Waals surface area contributed by atoms with Crippen LogP contribution >= 0.6 is 23.1 Å². The number of aliphatic carboxylic acids is 1. The minimum Gasteiger partial charge on any atom is -0.477 e. The van der Waals surface area contributed by atoms with Crippen molar-refractivity contribution >= 4 is 56.8 Å². The lowest BCUT2D eigenvalue weighted by Gasteiger charge is -2.47. The number of carbonyl (C=O) groups is 3. The number of rotatable bonds is 7. The van der Waals surface area contributed by atoms with E-state index < -0.39 is 18.0 Å². The maximum absolute atomic E-state index is 12.7. The highest BCUT2D eigenvalue weighted by molar-refractivity contribution is 8.01. The molecule has 3 aliphatic rings. The van der Waals surface area contributed by atoms with Crippen LogP contribution in [0.15, 0.2) is 58.3 Å². The van der Waals surface area contributed by atoms with Gasteiger partial charge >= 0.3 is 5.97 Å². The number of anilines is 1. The minimum absolute atomic E-state index is 0.0147. The van der Waals surface area contributed by atoms with E-state index in [1.54, 1.807) is 37.0 Å². The van der Waals surface area contributed by atoms with Crippen LogP contribution in [-0.2, 0) is 9.59 Å². The molecule has 1 aliphatic carbocycles. The van der Waals surface area contributed by atoms with E-state index >= 15 is 0 Å². The van der Waals surface area contributed by atoms with E-state index in [1.165, 1.54) is 22.4 Å². The van der Waals surface area contributed by atoms with Crippen molar-refractivity contribution in [3.05, 3.63) is 59.6 Å². The highest BCUT2D eigenvalue weighted by atomic mass is 32.2. The van der Waals surface area contributed by atoms with Crippen molar-refractivity contribution in [2.45, 2.75) is 42.7 Å². The second-order valence-corrected chi connectivity index (χ2v) is 12.3. The summed E-state index contributed by atoms with van der Waals surface area (Å²) in [6.07, 6.45) is 4.99. The van der Waals surface area contributed by atoms with E-state index in [4.69, 9.17) is 4.98 Å². The summed E-state index contributed by atoms with van der Waals surface area (Å²) in [6, 6.07) is 8.76. The van der Waals surface area contributed by atoms with E-state index in [0.29, 0.717) is 17.0 Å². The Morgan fingerprint density at radius 1 is 1.29 bits per heavy atom. The number of β-lactam (4-membered cyclic amide) rings is 1. The molecule has 11 heteroatoms. The Morgan fingerprint density at radius 3 is 2.87 bits per heavy atom. The first-order valence-electron chi connectivity index (χ1n) is 12.6. The van der Waals surface area contributed by atoms with Crippen LogP contribution in [0.25, 0.3) is 10.2 Å². The molecule has 5 atom stereocenters. The number of thiazole rings is 1. The standard InChI is InChI=1S/C27H26N4O5S2/c1-13(32)20-22-17-6-2-4-15(21(17)23(26(35)36)31(22)25(20)34)12-37-27-30-18-8-7-16(10-19(18)38-27)29-24(33)14-5-3-9-28-11-14/h3,5,7-11,13,15,17,20,22,32H,2,4,6,12H2,1H3,(H,29,33)(H,35,36)/t13-,15-,17+,20-,22-/m1/s1. The lowest BCUT2D eigenvalue weighted by molar-refractivity contribution is -0.163. The van der Waals surface area contributed by atoms with Gasteiger partial charge in [-0.25, -0.2) is 9.78 Å². The summed E-state index contributed by atoms with van der Waals surface area (Å²) in [4.78, 5) is 47.6. The fourth-order valence-electron chi connectivity index (χ4n) is 6.09. The molecule has 1 saturated heterocycles. The fraction of sp³-hybridized carbons (Fsp3) is 0.370. The van der Waals surface area contributed by atoms with Gasteiger partial charge in [-0.05, 0) is 61.6 Å². The number of carboxylic acid groups (broad SMARTS) is 1. The number of carbonyl (C=O) groups excluding carboxylic acids is 2. The molecule has 2 aromatic heterocycles. The van der Waals surface area contributed by atoms with Crippen LogP contribution in [0.3, 0.4) is 0 Å². The topological polar surface area (TPSA) is 133 Å². The van der Waals surface area contributed by atoms with Crippen LogP contribution in [0, 0.1) is 17.8 Å². The molecule has 1 aromatic carbocycles. The van der Waals surface area contributed by atoms with Crippen LogP contribution in [0.5, 0.6) is 0 Å². The van der Waals surface area contributed by atoms with Gasteiger partial charge in [-0.15, -0.1) is 11.3 Å². The van der Waals surface area contributed by atoms with Crippen molar-refractivity contribution in [3.63, 3.8) is 0 Å². The lowest BCUT2D eigenvalue weighted by Crippen LogP contribution is -2.64. The summed E-state index contributed by atoms with van der Waals surface area (Å²) < 4.78 is 1.81. The number of nitrogens with one attached hydrogen (secondary N) is 1. The highest BCUT2D eigenvalue weighted by Gasteiger charge is 2.62. The summed E-state index contributed by atoms with van der Waals surface area (Å²) in [6.45, 7) is 1.61. The zero-order chi connectivity index (χ0) is 26.6. The molecule has 9 nitrogen and oxygen atoms in total. The quantitative estimate of drug-likeness (QED) is 0.297. The highest BCUT2D eigenvalue weighted by Crippen LogP contribution is 2.54. The van der Waals surface area contributed by atoms with Crippen molar-refractivity contribution < 1.29 is 24.6 Å². The molecule has 3 N–H and O–H groups in total. The Bertz CT molecular complexity index is 1470. The largest absolute Gasteiger partial charge is 0.477 e. The van der Waals surface area contributed by atoms with Gasteiger partial charge in [0.2, 0.25) is 5.91 Å². The minimum atomic E-state index is -1.07. The Morgan fingerprint density at radius 2 is 2.13 bits per heavy atom. The maximum Gasteiger partial charge on any atom is 0.352 e. The number of aliphatic hydroxyl groups is 1. The molecule has 0 bridgehead atoms. The summed E-state index contributed by atoms with van der Waals surface area (Å²) in [5.41, 5.74) is 2.97. The molecule has 2 fully saturated rings. The summed E-state index contributed by atoms with van der Waals surface area (Å²) >= 11 is 3.13. The number of aromatic nitrogens is 2. The fourth-order valence-corrected chi connectivity index (χ4v) is 8.39. The van der Waals surface area contributed by atoms with Gasteiger partial charge in [0, 0.05) is 29.8 Å². The van der Waals surface area contributed by atoms with Gasteiger partial charge in [0.05, 0.1) is 33.8 Å². The molecule has 0 spiro atoms. The molecule has 4 heterocycles. The SMILES string of the molecule is C[C@@H](O)[C@H]1C(=O)N2C(C(=O)O)=C3[C@@H](CSc4nc5ccc(NC(=O)c6cccnc6)cc5s4)CCC[C@@H]3[C@H]12. The lowest BCUT2D eigenvalue weighted by atomic mass is 9.70. The van der Waals surface area contributed by atoms with Gasteiger partial charge in [-0.2, -0.15) is 0 Å². The molecular formula is C27H26N4O5S2. The first-order chi connectivity index (χ1) is 18.3. The number of hydrogen-bond donors (Lipinski definition) is 3. The van der Waals surface area contributed by atoms with E-state index in [-0.39, 0.29) is 35.4 Å². The zero-order valence-electron chi connectivity index (χ0n) is 20.5. The first kappa shape index (κ1) is 25.0. The normalized spacial score (nSPS) is 25.1. The predicted molar refractivity (Wildman–Crippen MR) is 144 cm³/mol. The zero-order valence-corrected chi connectivity index (χ0v) is 22.2. The number of fused-ring (bicyclic) bond motifs is 4. The number of pyridine rings is 1. The molecule has 0 unspecified atom stereocenters. The van der Waals surface area contributed by atoms with Crippen molar-refractivity contribution in [3.8, 4) is 0 Å². The van der Waals surface area contributed by atoms with Gasteiger partial charge < -0.3 is 20.4 Å². The summed E-state index contributed by atoms with van der Waals surface area (Å²) in [7, 11) is 0. The third-order valence-electron chi connectivity index (χ3n) is 7.70. The average Bonchev–Trinajstić information content (AvgIpc) is 3.44. The van der Waals surface area contributed by atoms with Gasteiger partial charge in [-0.3, -0.25) is 14.6 Å². The number of thioether (sulfide) groups is 1. The summed E-state index contributed by atoms with van der Waals surface area (Å²) in [5.74, 6) is -1.44. The maximum atomic E-state index is 12.7. The van der Waals surface area contributed by atoms with Crippen LogP contribution in [0.4, 0.5) is 5.69 Å². The smallest absolute Gasteiger partial charge is 0.352 e. The number of carboxylic acids is 1. The van der Waals surface area contributed by atoms with Crippen LogP contribution < -0.4 is 5.32 Å². The average molecular weight is 551 g/mol. The van der Waals surface area contributed by atoms with Crippen LogP contribution in [0.2, 0.25) is 0 Å². The molecule has 6 rings (SSSR count). The van der Waals surface area contributed by atoms with Crippen LogP contribution in [-0.4, -0.2) is 60.8 Å². The Balaban J connectivity index is 1.19. The van der Waals surface area contributed by atoms with E-state index in [9.17, 15) is 24.6 Å². The van der Waals surface area contributed by atoms with Crippen molar-refractivity contribution in [1.82, 2.24) is 14.9 Å². The molecule has 0 radical (unpaired) electrons.